The fourth-order valence-electron chi connectivity index (χ4n) is 3.55. The van der Waals surface area contributed by atoms with Crippen LogP contribution in [0, 0.1) is 0 Å². The Morgan fingerprint density at radius 3 is 2.74 bits per heavy atom. The summed E-state index contributed by atoms with van der Waals surface area (Å²) in [6.45, 7) is 14.2. The summed E-state index contributed by atoms with van der Waals surface area (Å²) in [4.78, 5) is 17.6. The number of hydrogen-bond acceptors (Lipinski definition) is 5. The molecule has 0 fully saturated rings. The highest BCUT2D eigenvalue weighted by atomic mass is 28.3. The molecule has 0 saturated heterocycles. The van der Waals surface area contributed by atoms with Crippen LogP contribution in [0.2, 0.25) is 25.7 Å². The van der Waals surface area contributed by atoms with Crippen LogP contribution in [0.4, 0.5) is 4.79 Å². The highest BCUT2D eigenvalue weighted by molar-refractivity contribution is 6.76. The van der Waals surface area contributed by atoms with Gasteiger partial charge in [-0.05, 0) is 51.8 Å². The Morgan fingerprint density at radius 2 is 2.00 bits per heavy atom. The second-order valence-corrected chi connectivity index (χ2v) is 16.5. The van der Waals surface area contributed by atoms with Gasteiger partial charge in [-0.1, -0.05) is 43.9 Å². The Hall–Kier alpha value is -2.58. The van der Waals surface area contributed by atoms with Crippen molar-refractivity contribution in [2.24, 2.45) is 0 Å². The molecule has 0 radical (unpaired) electrons. The molecule has 1 aromatic heterocycles. The standard InChI is InChI=1S/C26H39N3O4Si/c1-26(2,3)33-25(30)28-21-13-8-7-11-15-32-23-14-10-9-12-20(23)22-18-29(24(21)27-22)19-31-16-17-34(4,5)6/h7-10,12,14,18,21H,11,13,15-17,19H2,1-6H3,(H,28,30). The van der Waals surface area contributed by atoms with Crippen LogP contribution >= 0.6 is 0 Å². The summed E-state index contributed by atoms with van der Waals surface area (Å²) in [5.74, 6) is 1.53. The summed E-state index contributed by atoms with van der Waals surface area (Å²) in [7, 11) is -1.20. The third kappa shape index (κ3) is 8.02. The van der Waals surface area contributed by atoms with Crippen molar-refractivity contribution >= 4 is 14.2 Å². The van der Waals surface area contributed by atoms with Crippen molar-refractivity contribution < 1.29 is 19.0 Å². The summed E-state index contributed by atoms with van der Waals surface area (Å²) in [5, 5.41) is 3.03. The molecule has 1 N–H and O–H groups in total. The molecule has 8 heteroatoms. The zero-order valence-corrected chi connectivity index (χ0v) is 22.4. The maximum absolute atomic E-state index is 12.7. The van der Waals surface area contributed by atoms with E-state index in [4.69, 9.17) is 19.2 Å². The second kappa shape index (κ2) is 11.2. The molecule has 0 spiro atoms. The predicted octanol–water partition coefficient (Wildman–Crippen LogP) is 6.16. The first-order valence-corrected chi connectivity index (χ1v) is 15.7. The van der Waals surface area contributed by atoms with Gasteiger partial charge in [0.25, 0.3) is 0 Å². The smallest absolute Gasteiger partial charge is 0.408 e. The van der Waals surface area contributed by atoms with Crippen LogP contribution in [0.5, 0.6) is 5.75 Å². The highest BCUT2D eigenvalue weighted by Crippen LogP contribution is 2.32. The van der Waals surface area contributed by atoms with E-state index in [9.17, 15) is 4.79 Å². The summed E-state index contributed by atoms with van der Waals surface area (Å²) in [6.07, 6.45) is 7.03. The number of imidazole rings is 1. The molecule has 1 aliphatic rings. The number of nitrogens with one attached hydrogen (secondary N) is 1. The van der Waals surface area contributed by atoms with Gasteiger partial charge >= 0.3 is 6.09 Å². The molecular formula is C26H39N3O4Si. The molecule has 2 aromatic rings. The van der Waals surface area contributed by atoms with Crippen LogP contribution in [0.3, 0.4) is 0 Å². The van der Waals surface area contributed by atoms with Crippen molar-refractivity contribution in [3.8, 4) is 17.0 Å². The fraction of sp³-hybridized carbons (Fsp3) is 0.538. The lowest BCUT2D eigenvalue weighted by Crippen LogP contribution is -2.36. The van der Waals surface area contributed by atoms with Crippen LogP contribution in [-0.2, 0) is 16.2 Å². The summed E-state index contributed by atoms with van der Waals surface area (Å²) in [5.41, 5.74) is 1.13. The maximum Gasteiger partial charge on any atom is 0.408 e. The monoisotopic (exact) mass is 485 g/mol. The lowest BCUT2D eigenvalue weighted by atomic mass is 10.1. The van der Waals surface area contributed by atoms with Crippen LogP contribution in [0.1, 0.15) is 45.5 Å². The average Bonchev–Trinajstić information content (AvgIpc) is 3.14. The van der Waals surface area contributed by atoms with E-state index < -0.39 is 19.8 Å². The largest absolute Gasteiger partial charge is 0.493 e. The Balaban J connectivity index is 1.94. The number of para-hydroxylation sites is 1. The van der Waals surface area contributed by atoms with Crippen molar-refractivity contribution in [2.45, 2.75) is 77.7 Å². The Labute approximate surface area is 204 Å². The van der Waals surface area contributed by atoms with Gasteiger partial charge in [-0.15, -0.1) is 0 Å². The van der Waals surface area contributed by atoms with Gasteiger partial charge in [-0.25, -0.2) is 9.78 Å². The lowest BCUT2D eigenvalue weighted by Gasteiger charge is -2.23. The summed E-state index contributed by atoms with van der Waals surface area (Å²) < 4.78 is 19.6. The van der Waals surface area contributed by atoms with Crippen molar-refractivity contribution in [2.75, 3.05) is 13.2 Å². The SMILES string of the molecule is CC(C)(C)OC(=O)NC1CC=CCCOc2ccccc2-c2cn(COCC[Si](C)(C)C)c1n2. The van der Waals surface area contributed by atoms with Gasteiger partial charge < -0.3 is 24.1 Å². The molecule has 186 valence electrons. The third-order valence-electron chi connectivity index (χ3n) is 5.28. The van der Waals surface area contributed by atoms with E-state index in [1.807, 2.05) is 55.8 Å². The minimum Gasteiger partial charge on any atom is -0.493 e. The van der Waals surface area contributed by atoms with Gasteiger partial charge in [0.15, 0.2) is 0 Å². The van der Waals surface area contributed by atoms with Crippen LogP contribution in [0.15, 0.2) is 42.6 Å². The highest BCUT2D eigenvalue weighted by Gasteiger charge is 2.25. The first kappa shape index (κ1) is 26.0. The van der Waals surface area contributed by atoms with Crippen molar-refractivity contribution in [1.82, 2.24) is 14.9 Å². The predicted molar refractivity (Wildman–Crippen MR) is 138 cm³/mol. The van der Waals surface area contributed by atoms with Gasteiger partial charge in [0.2, 0.25) is 0 Å². The molecule has 7 nitrogen and oxygen atoms in total. The molecule has 2 bridgehead atoms. The molecule has 1 aromatic carbocycles. The number of alkyl carbamates (subject to hydrolysis) is 1. The molecule has 1 aliphatic heterocycles. The molecular weight excluding hydrogens is 446 g/mol. The lowest BCUT2D eigenvalue weighted by molar-refractivity contribution is 0.0492. The quantitative estimate of drug-likeness (QED) is 0.301. The van der Waals surface area contributed by atoms with Crippen LogP contribution in [0.25, 0.3) is 11.3 Å². The number of nitrogens with zero attached hydrogens (tertiary/aromatic N) is 2. The third-order valence-corrected chi connectivity index (χ3v) is 6.98. The average molecular weight is 486 g/mol. The molecule has 2 heterocycles. The van der Waals surface area contributed by atoms with E-state index in [0.717, 1.165) is 35.3 Å². The Kier molecular flexibility index (Phi) is 8.60. The molecule has 0 aliphatic carbocycles. The van der Waals surface area contributed by atoms with E-state index in [2.05, 4.69) is 37.1 Å². The van der Waals surface area contributed by atoms with Gasteiger partial charge in [-0.3, -0.25) is 0 Å². The van der Waals surface area contributed by atoms with E-state index in [0.29, 0.717) is 26.4 Å². The second-order valence-electron chi connectivity index (χ2n) is 10.8. The van der Waals surface area contributed by atoms with E-state index >= 15 is 0 Å². The number of amides is 1. The van der Waals surface area contributed by atoms with Gasteiger partial charge in [0.05, 0.1) is 18.3 Å². The van der Waals surface area contributed by atoms with E-state index in [-0.39, 0.29) is 6.04 Å². The zero-order chi connectivity index (χ0) is 24.8. The number of carbonyl (C=O) groups excluding carboxylic acids is 1. The molecule has 1 unspecified atom stereocenters. The molecule has 34 heavy (non-hydrogen) atoms. The topological polar surface area (TPSA) is 74.6 Å². The Morgan fingerprint density at radius 1 is 1.24 bits per heavy atom. The number of rotatable bonds is 6. The molecule has 0 saturated carbocycles. The van der Waals surface area contributed by atoms with Crippen molar-refractivity contribution in [3.05, 3.63) is 48.4 Å². The summed E-state index contributed by atoms with van der Waals surface area (Å²) in [6, 6.07) is 8.65. The normalized spacial score (nSPS) is 16.6. The molecule has 1 atom stereocenters. The van der Waals surface area contributed by atoms with Gasteiger partial charge in [-0.2, -0.15) is 0 Å². The summed E-state index contributed by atoms with van der Waals surface area (Å²) >= 11 is 0. The minimum atomic E-state index is -1.20. The molecule has 3 rings (SSSR count). The van der Waals surface area contributed by atoms with Gasteiger partial charge in [0, 0.05) is 26.4 Å². The maximum atomic E-state index is 12.7. The zero-order valence-electron chi connectivity index (χ0n) is 21.4. The fourth-order valence-corrected chi connectivity index (χ4v) is 4.31. The van der Waals surface area contributed by atoms with E-state index in [1.165, 1.54) is 0 Å². The Bertz CT molecular complexity index is 989. The van der Waals surface area contributed by atoms with Crippen molar-refractivity contribution in [3.63, 3.8) is 0 Å². The number of fused-ring (bicyclic) bond motifs is 4. The number of benzene rings is 1. The molecule has 1 amide bonds. The van der Waals surface area contributed by atoms with Crippen molar-refractivity contribution in [1.29, 1.82) is 0 Å². The minimum absolute atomic E-state index is 0.354. The van der Waals surface area contributed by atoms with E-state index in [1.54, 1.807) is 0 Å². The van der Waals surface area contributed by atoms with Gasteiger partial charge in [0.1, 0.15) is 23.9 Å². The number of ether oxygens (including phenoxy) is 3. The first-order valence-electron chi connectivity index (χ1n) is 12.0. The van der Waals surface area contributed by atoms with Crippen LogP contribution in [-0.4, -0.2) is 42.5 Å². The first-order chi connectivity index (χ1) is 16.0. The van der Waals surface area contributed by atoms with Crippen LogP contribution < -0.4 is 10.1 Å². The number of aromatic nitrogens is 2. The number of hydrogen-bond donors (Lipinski definition) is 1. The number of carbonyl (C=O) groups is 1.